The molecule has 1 fully saturated rings. The van der Waals surface area contributed by atoms with Crippen LogP contribution in [-0.4, -0.2) is 51.2 Å². The van der Waals surface area contributed by atoms with Crippen LogP contribution in [0.2, 0.25) is 0 Å². The van der Waals surface area contributed by atoms with E-state index in [-0.39, 0.29) is 12.7 Å². The zero-order valence-electron chi connectivity index (χ0n) is 17.9. The summed E-state index contributed by atoms with van der Waals surface area (Å²) in [6, 6.07) is 13.9. The maximum absolute atomic E-state index is 9.46. The molecule has 32 heavy (non-hydrogen) atoms. The minimum atomic E-state index is -0.0765. The lowest BCUT2D eigenvalue weighted by Gasteiger charge is -2.29. The first kappa shape index (κ1) is 20.8. The summed E-state index contributed by atoms with van der Waals surface area (Å²) in [6.07, 6.45) is 3.94. The largest absolute Gasteiger partial charge is 0.490 e. The van der Waals surface area contributed by atoms with Crippen LogP contribution >= 0.6 is 11.3 Å². The summed E-state index contributed by atoms with van der Waals surface area (Å²) in [5, 5.41) is 16.3. The van der Waals surface area contributed by atoms with E-state index in [1.807, 2.05) is 54.0 Å². The average molecular weight is 448 g/mol. The molecule has 2 aromatic carbocycles. The van der Waals surface area contributed by atoms with Crippen LogP contribution in [0.3, 0.4) is 0 Å². The van der Waals surface area contributed by atoms with Crippen molar-refractivity contribution in [3.05, 3.63) is 59.7 Å². The predicted octanol–water partition coefficient (Wildman–Crippen LogP) is 4.46. The molecule has 0 amide bonds. The number of para-hydroxylation sites is 1. The number of anilines is 2. The Morgan fingerprint density at radius 3 is 2.72 bits per heavy atom. The molecule has 5 rings (SSSR count). The summed E-state index contributed by atoms with van der Waals surface area (Å²) in [7, 11) is 2.14. The van der Waals surface area contributed by atoms with E-state index in [1.54, 1.807) is 0 Å². The van der Waals surface area contributed by atoms with E-state index in [0.717, 1.165) is 58.8 Å². The standard InChI is InChI=1S/C24H25N5O2S/c1-29-9-7-19(8-10-29)31-22-12-21-16(11-20(22)23-26-18(14-30)15-32-23)13-25-24(28-21)27-17-5-3-2-4-6-17/h2-6,11-13,15,19,30H,7-10,14H2,1H3,(H,25,27,28). The van der Waals surface area contributed by atoms with Gasteiger partial charge in [-0.2, -0.15) is 0 Å². The number of nitrogens with one attached hydrogen (secondary N) is 1. The third-order valence-electron chi connectivity index (χ3n) is 5.61. The average Bonchev–Trinajstić information content (AvgIpc) is 3.30. The molecule has 1 aliphatic rings. The Labute approximate surface area is 190 Å². The number of aliphatic hydroxyl groups excluding tert-OH is 1. The lowest BCUT2D eigenvalue weighted by Crippen LogP contribution is -2.35. The van der Waals surface area contributed by atoms with Crippen LogP contribution in [0.1, 0.15) is 18.5 Å². The van der Waals surface area contributed by atoms with Crippen LogP contribution in [0.15, 0.2) is 54.0 Å². The number of thiazole rings is 1. The summed E-state index contributed by atoms with van der Waals surface area (Å²) < 4.78 is 6.50. The van der Waals surface area contributed by atoms with Gasteiger partial charge in [-0.05, 0) is 38.1 Å². The minimum Gasteiger partial charge on any atom is -0.490 e. The quantitative estimate of drug-likeness (QED) is 0.451. The van der Waals surface area contributed by atoms with Crippen molar-refractivity contribution in [3.8, 4) is 16.3 Å². The van der Waals surface area contributed by atoms with Gasteiger partial charge in [0.2, 0.25) is 5.95 Å². The van der Waals surface area contributed by atoms with Gasteiger partial charge in [0.1, 0.15) is 16.9 Å². The van der Waals surface area contributed by atoms with Gasteiger partial charge < -0.3 is 20.1 Å². The molecule has 0 radical (unpaired) electrons. The van der Waals surface area contributed by atoms with Gasteiger partial charge in [0, 0.05) is 41.8 Å². The molecule has 3 heterocycles. The maximum Gasteiger partial charge on any atom is 0.227 e. The number of benzene rings is 2. The molecule has 7 nitrogen and oxygen atoms in total. The van der Waals surface area contributed by atoms with Gasteiger partial charge in [0.15, 0.2) is 0 Å². The first-order valence-electron chi connectivity index (χ1n) is 10.7. The lowest BCUT2D eigenvalue weighted by molar-refractivity contribution is 0.115. The van der Waals surface area contributed by atoms with Gasteiger partial charge in [-0.3, -0.25) is 0 Å². The van der Waals surface area contributed by atoms with Crippen molar-refractivity contribution in [1.29, 1.82) is 0 Å². The summed E-state index contributed by atoms with van der Waals surface area (Å²) in [6.45, 7) is 1.96. The highest BCUT2D eigenvalue weighted by Gasteiger charge is 2.21. The van der Waals surface area contributed by atoms with E-state index in [0.29, 0.717) is 11.6 Å². The van der Waals surface area contributed by atoms with Crippen LogP contribution in [0.25, 0.3) is 21.5 Å². The fraction of sp³-hybridized carbons (Fsp3) is 0.292. The SMILES string of the molecule is CN1CCC(Oc2cc3nc(Nc4ccccc4)ncc3cc2-c2nc(CO)cs2)CC1. The molecule has 8 heteroatoms. The van der Waals surface area contributed by atoms with Crippen LogP contribution in [-0.2, 0) is 6.61 Å². The number of nitrogens with zero attached hydrogens (tertiary/aromatic N) is 4. The Bertz CT molecular complexity index is 1210. The number of ether oxygens (including phenoxy) is 1. The molecule has 0 spiro atoms. The van der Waals surface area contributed by atoms with Crippen molar-refractivity contribution in [1.82, 2.24) is 19.9 Å². The second kappa shape index (κ2) is 9.20. The molecular weight excluding hydrogens is 422 g/mol. The monoisotopic (exact) mass is 447 g/mol. The number of likely N-dealkylation sites (tertiary alicyclic amines) is 1. The third-order valence-corrected chi connectivity index (χ3v) is 6.54. The third kappa shape index (κ3) is 4.57. The van der Waals surface area contributed by atoms with Crippen molar-refractivity contribution in [2.75, 3.05) is 25.5 Å². The predicted molar refractivity (Wildman–Crippen MR) is 127 cm³/mol. The van der Waals surface area contributed by atoms with E-state index in [1.165, 1.54) is 11.3 Å². The normalized spacial score (nSPS) is 15.2. The van der Waals surface area contributed by atoms with E-state index in [9.17, 15) is 5.11 Å². The van der Waals surface area contributed by atoms with E-state index in [2.05, 4.69) is 27.2 Å². The molecule has 0 atom stereocenters. The second-order valence-corrected chi connectivity index (χ2v) is 8.87. The number of hydrogen-bond donors (Lipinski definition) is 2. The number of fused-ring (bicyclic) bond motifs is 1. The molecule has 1 aliphatic heterocycles. The Hall–Kier alpha value is -3.07. The van der Waals surface area contributed by atoms with Crippen molar-refractivity contribution in [2.24, 2.45) is 0 Å². The maximum atomic E-state index is 9.46. The molecule has 2 aromatic heterocycles. The second-order valence-electron chi connectivity index (χ2n) is 8.01. The van der Waals surface area contributed by atoms with Crippen LogP contribution < -0.4 is 10.1 Å². The highest BCUT2D eigenvalue weighted by molar-refractivity contribution is 7.13. The highest BCUT2D eigenvalue weighted by Crippen LogP contribution is 2.37. The van der Waals surface area contributed by atoms with Crippen LogP contribution in [0.5, 0.6) is 5.75 Å². The number of aliphatic hydroxyl groups is 1. The molecule has 4 aromatic rings. The van der Waals surface area contributed by atoms with Crippen molar-refractivity contribution in [3.63, 3.8) is 0 Å². The highest BCUT2D eigenvalue weighted by atomic mass is 32.1. The summed E-state index contributed by atoms with van der Waals surface area (Å²) >= 11 is 1.50. The van der Waals surface area contributed by atoms with E-state index >= 15 is 0 Å². The summed E-state index contributed by atoms with van der Waals surface area (Å²) in [5.74, 6) is 1.31. The van der Waals surface area contributed by atoms with Crippen LogP contribution in [0, 0.1) is 0 Å². The number of aromatic nitrogens is 3. The summed E-state index contributed by atoms with van der Waals surface area (Å²) in [4.78, 5) is 16.1. The van der Waals surface area contributed by atoms with Crippen molar-refractivity contribution >= 4 is 33.9 Å². The van der Waals surface area contributed by atoms with Crippen molar-refractivity contribution in [2.45, 2.75) is 25.6 Å². The van der Waals surface area contributed by atoms with Gasteiger partial charge >= 0.3 is 0 Å². The molecule has 0 aliphatic carbocycles. The Morgan fingerprint density at radius 2 is 1.97 bits per heavy atom. The zero-order valence-corrected chi connectivity index (χ0v) is 18.7. The molecule has 0 bridgehead atoms. The lowest BCUT2D eigenvalue weighted by atomic mass is 10.1. The number of rotatable bonds is 6. The van der Waals surface area contributed by atoms with Gasteiger partial charge in [-0.25, -0.2) is 15.0 Å². The topological polar surface area (TPSA) is 83.4 Å². The molecule has 0 saturated carbocycles. The van der Waals surface area contributed by atoms with Gasteiger partial charge in [-0.15, -0.1) is 11.3 Å². The summed E-state index contributed by atoms with van der Waals surface area (Å²) in [5.41, 5.74) is 3.32. The fourth-order valence-electron chi connectivity index (χ4n) is 3.82. The Balaban J connectivity index is 1.52. The Morgan fingerprint density at radius 1 is 1.16 bits per heavy atom. The van der Waals surface area contributed by atoms with Crippen molar-refractivity contribution < 1.29 is 9.84 Å². The molecule has 2 N–H and O–H groups in total. The minimum absolute atomic E-state index is 0.0765. The first-order valence-corrected chi connectivity index (χ1v) is 11.6. The van der Waals surface area contributed by atoms with Gasteiger partial charge in [0.25, 0.3) is 0 Å². The zero-order chi connectivity index (χ0) is 21.9. The molecular formula is C24H25N5O2S. The first-order chi connectivity index (χ1) is 15.7. The smallest absolute Gasteiger partial charge is 0.227 e. The van der Waals surface area contributed by atoms with E-state index in [4.69, 9.17) is 9.72 Å². The molecule has 1 saturated heterocycles. The molecule has 0 unspecified atom stereocenters. The van der Waals surface area contributed by atoms with Gasteiger partial charge in [0.05, 0.1) is 23.4 Å². The number of hydrogen-bond acceptors (Lipinski definition) is 8. The van der Waals surface area contributed by atoms with E-state index < -0.39 is 0 Å². The fourth-order valence-corrected chi connectivity index (χ4v) is 4.65. The van der Waals surface area contributed by atoms with Gasteiger partial charge in [-0.1, -0.05) is 18.2 Å². The molecule has 164 valence electrons. The number of piperidine rings is 1. The Kier molecular flexibility index (Phi) is 5.98. The van der Waals surface area contributed by atoms with Crippen LogP contribution in [0.4, 0.5) is 11.6 Å².